The number of sulfonamides is 1. The van der Waals surface area contributed by atoms with Gasteiger partial charge < -0.3 is 5.32 Å². The quantitative estimate of drug-likeness (QED) is 0.482. The van der Waals surface area contributed by atoms with Crippen molar-refractivity contribution in [1.29, 1.82) is 0 Å². The van der Waals surface area contributed by atoms with Gasteiger partial charge in [-0.15, -0.1) is 0 Å². The first kappa shape index (κ1) is 24.7. The first-order valence-electron chi connectivity index (χ1n) is 11.2. The Bertz CT molecular complexity index is 1180. The smallest absolute Gasteiger partial charge is 0.244 e. The Balaban J connectivity index is 1.87. The Morgan fingerprint density at radius 2 is 1.48 bits per heavy atom. The van der Waals surface area contributed by atoms with Crippen LogP contribution in [0.3, 0.4) is 0 Å². The zero-order valence-corrected chi connectivity index (χ0v) is 20.6. The minimum Gasteiger partial charge on any atom is -0.325 e. The molecule has 174 valence electrons. The lowest BCUT2D eigenvalue weighted by Gasteiger charge is -2.24. The van der Waals surface area contributed by atoms with E-state index in [2.05, 4.69) is 12.2 Å². The summed E-state index contributed by atoms with van der Waals surface area (Å²) in [5.41, 5.74) is 5.23. The molecule has 0 aromatic heterocycles. The third kappa shape index (κ3) is 6.30. The number of benzene rings is 3. The average molecular weight is 465 g/mol. The van der Waals surface area contributed by atoms with Gasteiger partial charge in [0, 0.05) is 12.2 Å². The molecule has 0 spiro atoms. The van der Waals surface area contributed by atoms with Gasteiger partial charge in [0.05, 0.1) is 11.4 Å². The second kappa shape index (κ2) is 10.8. The molecule has 0 fully saturated rings. The molecule has 3 aromatic carbocycles. The van der Waals surface area contributed by atoms with Crippen LogP contribution in [0.2, 0.25) is 0 Å². The van der Waals surface area contributed by atoms with Crippen LogP contribution in [0.25, 0.3) is 0 Å². The molecule has 0 saturated heterocycles. The van der Waals surface area contributed by atoms with Crippen LogP contribution in [0.5, 0.6) is 0 Å². The van der Waals surface area contributed by atoms with Gasteiger partial charge in [0.2, 0.25) is 15.9 Å². The number of hydrogen-bond donors (Lipinski definition) is 1. The largest absolute Gasteiger partial charge is 0.325 e. The predicted molar refractivity (Wildman–Crippen MR) is 134 cm³/mol. The molecule has 33 heavy (non-hydrogen) atoms. The zero-order chi connectivity index (χ0) is 24.0. The third-order valence-corrected chi connectivity index (χ3v) is 7.81. The lowest BCUT2D eigenvalue weighted by Crippen LogP contribution is -2.39. The van der Waals surface area contributed by atoms with E-state index in [9.17, 15) is 13.2 Å². The maximum Gasteiger partial charge on any atom is 0.244 e. The molecule has 1 N–H and O–H groups in total. The van der Waals surface area contributed by atoms with Gasteiger partial charge in [-0.25, -0.2) is 8.42 Å². The molecule has 0 saturated carbocycles. The fraction of sp³-hybridized carbons (Fsp3) is 0.296. The topological polar surface area (TPSA) is 66.5 Å². The minimum absolute atomic E-state index is 0.210. The Kier molecular flexibility index (Phi) is 8.06. The highest BCUT2D eigenvalue weighted by atomic mass is 32.2. The van der Waals surface area contributed by atoms with Crippen molar-refractivity contribution in [2.45, 2.75) is 45.4 Å². The summed E-state index contributed by atoms with van der Waals surface area (Å²) >= 11 is 0. The Morgan fingerprint density at radius 1 is 0.879 bits per heavy atom. The summed E-state index contributed by atoms with van der Waals surface area (Å²) in [7, 11) is -3.87. The van der Waals surface area contributed by atoms with E-state index in [1.165, 1.54) is 9.87 Å². The first-order valence-corrected chi connectivity index (χ1v) is 12.7. The molecule has 3 rings (SSSR count). The van der Waals surface area contributed by atoms with Crippen molar-refractivity contribution >= 4 is 21.6 Å². The lowest BCUT2D eigenvalue weighted by molar-refractivity contribution is -0.116. The number of hydrogen-bond acceptors (Lipinski definition) is 3. The van der Waals surface area contributed by atoms with Crippen LogP contribution < -0.4 is 5.32 Å². The van der Waals surface area contributed by atoms with Gasteiger partial charge in [-0.1, -0.05) is 67.1 Å². The minimum atomic E-state index is -3.87. The van der Waals surface area contributed by atoms with Crippen molar-refractivity contribution in [1.82, 2.24) is 4.31 Å². The van der Waals surface area contributed by atoms with Gasteiger partial charge in [0.1, 0.15) is 0 Å². The third-order valence-electron chi connectivity index (χ3n) is 5.66. The molecule has 3 aromatic rings. The van der Waals surface area contributed by atoms with Crippen molar-refractivity contribution in [3.8, 4) is 0 Å². The number of carbonyl (C=O) groups excluding carboxylic acids is 1. The van der Waals surface area contributed by atoms with E-state index in [-0.39, 0.29) is 23.9 Å². The van der Waals surface area contributed by atoms with E-state index in [1.807, 2.05) is 73.7 Å². The van der Waals surface area contributed by atoms with E-state index < -0.39 is 10.0 Å². The van der Waals surface area contributed by atoms with Crippen molar-refractivity contribution in [3.63, 3.8) is 0 Å². The monoisotopic (exact) mass is 464 g/mol. The Morgan fingerprint density at radius 3 is 2.06 bits per heavy atom. The van der Waals surface area contributed by atoms with Crippen molar-refractivity contribution in [2.24, 2.45) is 0 Å². The van der Waals surface area contributed by atoms with Gasteiger partial charge in [0.15, 0.2) is 0 Å². The van der Waals surface area contributed by atoms with Crippen molar-refractivity contribution < 1.29 is 13.2 Å². The maximum absolute atomic E-state index is 13.7. The lowest BCUT2D eigenvalue weighted by atomic mass is 10.1. The summed E-state index contributed by atoms with van der Waals surface area (Å²) in [6.07, 6.45) is 1.43. The number of nitrogens with one attached hydrogen (secondary N) is 1. The molecule has 1 amide bonds. The molecule has 0 atom stereocenters. The highest BCUT2D eigenvalue weighted by Crippen LogP contribution is 2.25. The highest BCUT2D eigenvalue weighted by molar-refractivity contribution is 7.89. The summed E-state index contributed by atoms with van der Waals surface area (Å²) in [6, 6.07) is 21.0. The van der Waals surface area contributed by atoms with E-state index >= 15 is 0 Å². The van der Waals surface area contributed by atoms with Gasteiger partial charge >= 0.3 is 0 Å². The van der Waals surface area contributed by atoms with E-state index in [0.29, 0.717) is 23.2 Å². The summed E-state index contributed by atoms with van der Waals surface area (Å²) < 4.78 is 28.7. The zero-order valence-electron chi connectivity index (χ0n) is 19.8. The van der Waals surface area contributed by atoms with Crippen LogP contribution in [0.4, 0.5) is 5.69 Å². The molecule has 5 nitrogen and oxygen atoms in total. The van der Waals surface area contributed by atoms with Crippen LogP contribution in [0, 0.1) is 20.8 Å². The van der Waals surface area contributed by atoms with Crippen LogP contribution in [0.1, 0.15) is 34.7 Å². The van der Waals surface area contributed by atoms with E-state index in [0.717, 1.165) is 17.5 Å². The Hall–Kier alpha value is -2.96. The second-order valence-electron chi connectivity index (χ2n) is 8.40. The number of amides is 1. The van der Waals surface area contributed by atoms with E-state index in [1.54, 1.807) is 13.8 Å². The van der Waals surface area contributed by atoms with Gasteiger partial charge in [-0.05, 0) is 68.0 Å². The number of anilines is 1. The van der Waals surface area contributed by atoms with E-state index in [4.69, 9.17) is 0 Å². The molecule has 0 radical (unpaired) electrons. The van der Waals surface area contributed by atoms with Crippen LogP contribution >= 0.6 is 0 Å². The number of aryl methyl sites for hydroxylation is 4. The molecule has 0 bridgehead atoms. The predicted octanol–water partition coefficient (Wildman–Crippen LogP) is 5.05. The Labute approximate surface area is 197 Å². The summed E-state index contributed by atoms with van der Waals surface area (Å²) in [5.74, 6) is -0.363. The van der Waals surface area contributed by atoms with Crippen molar-refractivity contribution in [3.05, 3.63) is 94.5 Å². The van der Waals surface area contributed by atoms with Gasteiger partial charge in [0.25, 0.3) is 0 Å². The number of carbonyl (C=O) groups is 1. The van der Waals surface area contributed by atoms with Crippen LogP contribution in [0.15, 0.2) is 71.6 Å². The molecule has 0 unspecified atom stereocenters. The molecular weight excluding hydrogens is 432 g/mol. The summed E-state index contributed by atoms with van der Waals surface area (Å²) in [5, 5.41) is 2.84. The maximum atomic E-state index is 13.7. The second-order valence-corrected chi connectivity index (χ2v) is 10.3. The molecular formula is C27H32N2O3S. The molecule has 0 aliphatic rings. The summed E-state index contributed by atoms with van der Waals surface area (Å²) in [4.78, 5) is 13.2. The fourth-order valence-electron chi connectivity index (χ4n) is 4.07. The summed E-state index contributed by atoms with van der Waals surface area (Å²) in [6.45, 7) is 7.58. The molecule has 6 heteroatoms. The number of rotatable bonds is 9. The average Bonchev–Trinajstić information content (AvgIpc) is 2.76. The molecule has 0 aliphatic carbocycles. The molecule has 0 aliphatic heterocycles. The van der Waals surface area contributed by atoms with Gasteiger partial charge in [-0.3, -0.25) is 4.79 Å². The van der Waals surface area contributed by atoms with Gasteiger partial charge in [-0.2, -0.15) is 4.31 Å². The normalized spacial score (nSPS) is 11.5. The number of nitrogens with zero attached hydrogens (tertiary/aromatic N) is 1. The molecule has 0 heterocycles. The fourth-order valence-corrected chi connectivity index (χ4v) is 5.88. The standard InChI is InChI=1S/C27H32N2O3S/c1-5-23-11-13-25(14-12-23)28-26(30)19-29(16-15-24-9-7-6-8-10-24)33(31,32)27-21(3)17-20(2)18-22(27)4/h6-14,17-18H,5,15-16,19H2,1-4H3,(H,28,30). The highest BCUT2D eigenvalue weighted by Gasteiger charge is 2.29. The van der Waals surface area contributed by atoms with Crippen molar-refractivity contribution in [2.75, 3.05) is 18.4 Å². The van der Waals surface area contributed by atoms with Crippen LogP contribution in [-0.2, 0) is 27.7 Å². The SMILES string of the molecule is CCc1ccc(NC(=O)CN(CCc2ccccc2)S(=O)(=O)c2c(C)cc(C)cc2C)cc1. The van der Waals surface area contributed by atoms with Crippen LogP contribution in [-0.4, -0.2) is 31.7 Å². The first-order chi connectivity index (χ1) is 15.7.